The normalized spacial score (nSPS) is 18.3. The molecule has 0 aliphatic carbocycles. The number of carbonyl (C=O) groups is 1. The molecule has 7 nitrogen and oxygen atoms in total. The highest BCUT2D eigenvalue weighted by molar-refractivity contribution is 7.89. The monoisotopic (exact) mass is 483 g/mol. The maximum atomic E-state index is 13.1. The fourth-order valence-electron chi connectivity index (χ4n) is 3.76. The number of halogens is 2. The number of ether oxygens (including phenoxy) is 1. The lowest BCUT2D eigenvalue weighted by Crippen LogP contribution is -2.48. The molecule has 2 fully saturated rings. The number of carbonyl (C=O) groups excluding carboxylic acids is 1. The lowest BCUT2D eigenvalue weighted by Gasteiger charge is -2.36. The Hall–Kier alpha value is -1.84. The molecule has 0 spiro atoms. The smallest absolute Gasteiger partial charge is 0.254 e. The van der Waals surface area contributed by atoms with Gasteiger partial charge in [-0.3, -0.25) is 4.79 Å². The van der Waals surface area contributed by atoms with Gasteiger partial charge >= 0.3 is 0 Å². The minimum atomic E-state index is -3.80. The Balaban J connectivity index is 1.48. The zero-order chi connectivity index (χ0) is 22.0. The molecule has 10 heteroatoms. The van der Waals surface area contributed by atoms with Crippen molar-refractivity contribution in [1.82, 2.24) is 9.21 Å². The van der Waals surface area contributed by atoms with Crippen LogP contribution in [0.15, 0.2) is 47.4 Å². The van der Waals surface area contributed by atoms with Gasteiger partial charge in [0.15, 0.2) is 0 Å². The second kappa shape index (κ2) is 9.34. The lowest BCUT2D eigenvalue weighted by molar-refractivity contribution is 0.0729. The number of piperazine rings is 1. The number of morpholine rings is 1. The first-order valence-electron chi connectivity index (χ1n) is 10.0. The van der Waals surface area contributed by atoms with Crippen LogP contribution in [0.25, 0.3) is 0 Å². The van der Waals surface area contributed by atoms with Crippen molar-refractivity contribution in [3.63, 3.8) is 0 Å². The molecule has 0 saturated carbocycles. The molecule has 1 amide bonds. The highest BCUT2D eigenvalue weighted by atomic mass is 35.5. The minimum Gasteiger partial charge on any atom is -0.379 e. The summed E-state index contributed by atoms with van der Waals surface area (Å²) in [6, 6.07) is 12.1. The van der Waals surface area contributed by atoms with Crippen LogP contribution in [0.4, 0.5) is 5.69 Å². The first-order chi connectivity index (χ1) is 14.9. The quantitative estimate of drug-likeness (QED) is 0.668. The molecule has 0 atom stereocenters. The topological polar surface area (TPSA) is 70.2 Å². The molecule has 2 aliphatic heterocycles. The number of sulfonamides is 1. The molecule has 2 heterocycles. The van der Waals surface area contributed by atoms with Crippen molar-refractivity contribution in [2.45, 2.75) is 4.90 Å². The summed E-state index contributed by atoms with van der Waals surface area (Å²) >= 11 is 12.2. The fraction of sp³-hybridized carbons (Fsp3) is 0.381. The predicted molar refractivity (Wildman–Crippen MR) is 121 cm³/mol. The third-order valence-corrected chi connectivity index (χ3v) is 8.16. The van der Waals surface area contributed by atoms with Crippen molar-refractivity contribution >= 4 is 44.8 Å². The molecule has 4 rings (SSSR count). The molecule has 166 valence electrons. The van der Waals surface area contributed by atoms with Crippen LogP contribution in [0.1, 0.15) is 10.4 Å². The van der Waals surface area contributed by atoms with E-state index in [2.05, 4.69) is 4.90 Å². The maximum absolute atomic E-state index is 13.1. The molecule has 31 heavy (non-hydrogen) atoms. The van der Waals surface area contributed by atoms with Crippen LogP contribution in [0.3, 0.4) is 0 Å². The van der Waals surface area contributed by atoms with Crippen molar-refractivity contribution in [1.29, 1.82) is 0 Å². The third kappa shape index (κ3) is 4.83. The second-order valence-corrected chi connectivity index (χ2v) is 10.2. The number of hydrogen-bond acceptors (Lipinski definition) is 5. The summed E-state index contributed by atoms with van der Waals surface area (Å²) in [7, 11) is -3.80. The van der Waals surface area contributed by atoms with Gasteiger partial charge in [0.05, 0.1) is 18.2 Å². The number of hydrogen-bond donors (Lipinski definition) is 0. The van der Waals surface area contributed by atoms with Crippen molar-refractivity contribution in [3.05, 3.63) is 58.1 Å². The first-order valence-corrected chi connectivity index (χ1v) is 12.2. The summed E-state index contributed by atoms with van der Waals surface area (Å²) < 4.78 is 32.6. The van der Waals surface area contributed by atoms with Crippen molar-refractivity contribution in [2.24, 2.45) is 0 Å². The zero-order valence-electron chi connectivity index (χ0n) is 16.8. The third-order valence-electron chi connectivity index (χ3n) is 5.52. The predicted octanol–water partition coefficient (Wildman–Crippen LogP) is 2.98. The number of rotatable bonds is 4. The SMILES string of the molecule is O=C(c1ccc(Cl)c(S(=O)(=O)N2CCOCC2)c1)N1CCN(c2ccc(Cl)cc2)CC1. The summed E-state index contributed by atoms with van der Waals surface area (Å²) in [5, 5.41) is 0.790. The summed E-state index contributed by atoms with van der Waals surface area (Å²) in [4.78, 5) is 17.0. The molecule has 0 unspecified atom stereocenters. The number of benzene rings is 2. The Labute approximate surface area is 192 Å². The Morgan fingerprint density at radius 2 is 1.52 bits per heavy atom. The van der Waals surface area contributed by atoms with Gasteiger partial charge in [0, 0.05) is 55.5 Å². The molecule has 0 N–H and O–H groups in total. The first kappa shape index (κ1) is 22.4. The van der Waals surface area contributed by atoms with Crippen molar-refractivity contribution in [3.8, 4) is 0 Å². The molecule has 0 bridgehead atoms. The van der Waals surface area contributed by atoms with Crippen LogP contribution < -0.4 is 4.90 Å². The zero-order valence-corrected chi connectivity index (χ0v) is 19.2. The largest absolute Gasteiger partial charge is 0.379 e. The minimum absolute atomic E-state index is 0.0401. The molecule has 2 aromatic rings. The standard InChI is InChI=1S/C21H23Cl2N3O4S/c22-17-2-4-18(5-3-17)24-7-9-25(10-8-24)21(27)16-1-6-19(23)20(15-16)31(28,29)26-11-13-30-14-12-26/h1-6,15H,7-14H2. The lowest BCUT2D eigenvalue weighted by atomic mass is 10.1. The summed E-state index contributed by atoms with van der Waals surface area (Å²) in [6.45, 7) is 3.65. The van der Waals surface area contributed by atoms with Gasteiger partial charge in [-0.25, -0.2) is 8.42 Å². The highest BCUT2D eigenvalue weighted by Crippen LogP contribution is 2.27. The van der Waals surface area contributed by atoms with Gasteiger partial charge in [-0.2, -0.15) is 4.31 Å². The van der Waals surface area contributed by atoms with Crippen LogP contribution >= 0.6 is 23.2 Å². The van der Waals surface area contributed by atoms with E-state index in [1.165, 1.54) is 16.4 Å². The Bertz CT molecular complexity index is 1050. The molecular formula is C21H23Cl2N3O4S. The fourth-order valence-corrected chi connectivity index (χ4v) is 5.80. The van der Waals surface area contributed by atoms with E-state index in [0.29, 0.717) is 50.0 Å². The Morgan fingerprint density at radius 1 is 0.871 bits per heavy atom. The molecule has 2 aliphatic rings. The number of amides is 1. The Kier molecular flexibility index (Phi) is 6.74. The summed E-state index contributed by atoms with van der Waals surface area (Å²) in [6.07, 6.45) is 0. The van der Waals surface area contributed by atoms with Gasteiger partial charge in [-0.15, -0.1) is 0 Å². The van der Waals surface area contributed by atoms with E-state index in [0.717, 1.165) is 5.69 Å². The van der Waals surface area contributed by atoms with E-state index in [1.807, 2.05) is 24.3 Å². The Morgan fingerprint density at radius 3 is 2.16 bits per heavy atom. The van der Waals surface area contributed by atoms with Gasteiger partial charge in [0.25, 0.3) is 5.91 Å². The average Bonchev–Trinajstić information content (AvgIpc) is 2.80. The van der Waals surface area contributed by atoms with E-state index in [9.17, 15) is 13.2 Å². The van der Waals surface area contributed by atoms with Crippen LogP contribution in [0.2, 0.25) is 10.0 Å². The maximum Gasteiger partial charge on any atom is 0.254 e. The van der Waals surface area contributed by atoms with Crippen LogP contribution in [-0.2, 0) is 14.8 Å². The molecule has 2 aromatic carbocycles. The van der Waals surface area contributed by atoms with Crippen LogP contribution in [0.5, 0.6) is 0 Å². The molecular weight excluding hydrogens is 461 g/mol. The summed E-state index contributed by atoms with van der Waals surface area (Å²) in [5.41, 5.74) is 1.37. The van der Waals surface area contributed by atoms with E-state index >= 15 is 0 Å². The average molecular weight is 484 g/mol. The van der Waals surface area contributed by atoms with Gasteiger partial charge in [0.2, 0.25) is 10.0 Å². The van der Waals surface area contributed by atoms with Gasteiger partial charge < -0.3 is 14.5 Å². The van der Waals surface area contributed by atoms with Gasteiger partial charge in [-0.1, -0.05) is 23.2 Å². The van der Waals surface area contributed by atoms with Crippen molar-refractivity contribution < 1.29 is 17.9 Å². The number of anilines is 1. The van der Waals surface area contributed by atoms with Crippen LogP contribution in [0, 0.1) is 0 Å². The highest BCUT2D eigenvalue weighted by Gasteiger charge is 2.30. The van der Waals surface area contributed by atoms with Crippen molar-refractivity contribution in [2.75, 3.05) is 57.4 Å². The van der Waals surface area contributed by atoms with Crippen LogP contribution in [-0.4, -0.2) is 76.0 Å². The molecule has 0 radical (unpaired) electrons. The summed E-state index contributed by atoms with van der Waals surface area (Å²) in [5.74, 6) is -0.203. The second-order valence-electron chi connectivity index (χ2n) is 7.42. The van der Waals surface area contributed by atoms with Gasteiger partial charge in [-0.05, 0) is 42.5 Å². The van der Waals surface area contributed by atoms with E-state index in [1.54, 1.807) is 11.0 Å². The van der Waals surface area contributed by atoms with Gasteiger partial charge in [0.1, 0.15) is 4.90 Å². The molecule has 2 saturated heterocycles. The number of nitrogens with zero attached hydrogens (tertiary/aromatic N) is 3. The van der Waals surface area contributed by atoms with E-state index in [4.69, 9.17) is 27.9 Å². The van der Waals surface area contributed by atoms with E-state index in [-0.39, 0.29) is 28.9 Å². The molecule has 0 aromatic heterocycles. The van der Waals surface area contributed by atoms with E-state index < -0.39 is 10.0 Å².